The summed E-state index contributed by atoms with van der Waals surface area (Å²) in [6.45, 7) is 0.583. The fourth-order valence-electron chi connectivity index (χ4n) is 2.69. The highest BCUT2D eigenvalue weighted by Crippen LogP contribution is 2.18. The minimum absolute atomic E-state index is 0.0530. The maximum atomic E-state index is 12.3. The molecular formula is C18H24N2O6. The van der Waals surface area contributed by atoms with Crippen molar-refractivity contribution < 1.29 is 29.0 Å². The van der Waals surface area contributed by atoms with E-state index in [2.05, 4.69) is 0 Å². The van der Waals surface area contributed by atoms with Crippen molar-refractivity contribution in [2.24, 2.45) is 5.92 Å². The number of nitrogens with zero attached hydrogens (tertiary/aromatic N) is 2. The average Bonchev–Trinajstić information content (AvgIpc) is 2.66. The summed E-state index contributed by atoms with van der Waals surface area (Å²) in [4.78, 5) is 38.3. The Morgan fingerprint density at radius 3 is 2.27 bits per heavy atom. The van der Waals surface area contributed by atoms with Crippen LogP contribution in [0.1, 0.15) is 12.8 Å². The lowest BCUT2D eigenvalue weighted by Gasteiger charge is -2.31. The van der Waals surface area contributed by atoms with Crippen LogP contribution in [0.4, 0.5) is 0 Å². The number of likely N-dealkylation sites (N-methyl/N-ethyl adjacent to an activating group) is 1. The highest BCUT2D eigenvalue weighted by molar-refractivity contribution is 5.85. The Hall–Kier alpha value is -2.77. The van der Waals surface area contributed by atoms with Gasteiger partial charge in [0.2, 0.25) is 5.91 Å². The van der Waals surface area contributed by atoms with Gasteiger partial charge in [-0.15, -0.1) is 0 Å². The Kier molecular flexibility index (Phi) is 6.82. The molecule has 1 aliphatic rings. The van der Waals surface area contributed by atoms with Gasteiger partial charge in [0.15, 0.2) is 6.61 Å². The number of carboxylic acid groups (broad SMARTS) is 1. The lowest BCUT2D eigenvalue weighted by Crippen LogP contribution is -2.46. The van der Waals surface area contributed by atoms with Crippen LogP contribution >= 0.6 is 0 Å². The molecule has 0 radical (unpaired) electrons. The molecule has 0 atom stereocenters. The van der Waals surface area contributed by atoms with Crippen molar-refractivity contribution in [2.45, 2.75) is 12.8 Å². The zero-order chi connectivity index (χ0) is 19.1. The van der Waals surface area contributed by atoms with Crippen LogP contribution in [-0.4, -0.2) is 73.1 Å². The van der Waals surface area contributed by atoms with Crippen LogP contribution < -0.4 is 9.47 Å². The number of carboxylic acids is 1. The number of benzene rings is 1. The van der Waals surface area contributed by atoms with Gasteiger partial charge in [0, 0.05) is 20.1 Å². The third-order valence-electron chi connectivity index (χ3n) is 4.42. The SMILES string of the molecule is COc1ccc(OCC(=O)N(C)CC(=O)N2CCC(C(=O)O)CC2)cc1. The monoisotopic (exact) mass is 364 g/mol. The maximum absolute atomic E-state index is 12.3. The van der Waals surface area contributed by atoms with Crippen LogP contribution in [0, 0.1) is 5.92 Å². The zero-order valence-electron chi connectivity index (χ0n) is 15.0. The lowest BCUT2D eigenvalue weighted by atomic mass is 9.97. The summed E-state index contributed by atoms with van der Waals surface area (Å²) in [5.41, 5.74) is 0. The van der Waals surface area contributed by atoms with E-state index in [1.54, 1.807) is 43.3 Å². The molecule has 1 aromatic carbocycles. The van der Waals surface area contributed by atoms with E-state index < -0.39 is 11.9 Å². The molecule has 1 fully saturated rings. The molecule has 0 saturated carbocycles. The minimum Gasteiger partial charge on any atom is -0.497 e. The fourth-order valence-corrected chi connectivity index (χ4v) is 2.69. The molecular weight excluding hydrogens is 340 g/mol. The number of hydrogen-bond donors (Lipinski definition) is 1. The van der Waals surface area contributed by atoms with Gasteiger partial charge in [-0.05, 0) is 37.1 Å². The highest BCUT2D eigenvalue weighted by Gasteiger charge is 2.27. The van der Waals surface area contributed by atoms with Gasteiger partial charge in [-0.25, -0.2) is 0 Å². The zero-order valence-corrected chi connectivity index (χ0v) is 15.0. The van der Waals surface area contributed by atoms with Gasteiger partial charge in [-0.3, -0.25) is 14.4 Å². The molecule has 1 saturated heterocycles. The molecule has 1 aromatic rings. The van der Waals surface area contributed by atoms with Crippen molar-refractivity contribution in [3.63, 3.8) is 0 Å². The molecule has 8 heteroatoms. The molecule has 0 bridgehead atoms. The third-order valence-corrected chi connectivity index (χ3v) is 4.42. The summed E-state index contributed by atoms with van der Waals surface area (Å²) in [5, 5.41) is 8.99. The summed E-state index contributed by atoms with van der Waals surface area (Å²) < 4.78 is 10.5. The molecule has 1 heterocycles. The molecule has 142 valence electrons. The van der Waals surface area contributed by atoms with E-state index in [-0.39, 0.29) is 25.0 Å². The maximum Gasteiger partial charge on any atom is 0.306 e. The van der Waals surface area contributed by atoms with E-state index in [4.69, 9.17) is 14.6 Å². The Bertz CT molecular complexity index is 638. The second-order valence-corrected chi connectivity index (χ2v) is 6.21. The number of aliphatic carboxylic acids is 1. The second kappa shape index (κ2) is 9.07. The summed E-state index contributed by atoms with van der Waals surface area (Å²) in [5.74, 6) is -0.479. The molecule has 2 amide bonds. The molecule has 26 heavy (non-hydrogen) atoms. The van der Waals surface area contributed by atoms with E-state index >= 15 is 0 Å². The Morgan fingerprint density at radius 2 is 1.73 bits per heavy atom. The lowest BCUT2D eigenvalue weighted by molar-refractivity contribution is -0.146. The predicted molar refractivity (Wildman–Crippen MR) is 93.1 cm³/mol. The minimum atomic E-state index is -0.819. The first-order valence-corrected chi connectivity index (χ1v) is 8.42. The van der Waals surface area contributed by atoms with Crippen LogP contribution in [0.2, 0.25) is 0 Å². The van der Waals surface area contributed by atoms with Gasteiger partial charge >= 0.3 is 5.97 Å². The second-order valence-electron chi connectivity index (χ2n) is 6.21. The summed E-state index contributed by atoms with van der Waals surface area (Å²) in [6.07, 6.45) is 0.888. The number of rotatable bonds is 7. The van der Waals surface area contributed by atoms with Crippen molar-refractivity contribution in [1.82, 2.24) is 9.80 Å². The molecule has 0 unspecified atom stereocenters. The highest BCUT2D eigenvalue weighted by atomic mass is 16.5. The molecule has 0 spiro atoms. The van der Waals surface area contributed by atoms with Crippen molar-refractivity contribution in [2.75, 3.05) is 40.4 Å². The first-order valence-electron chi connectivity index (χ1n) is 8.42. The number of ether oxygens (including phenoxy) is 2. The van der Waals surface area contributed by atoms with E-state index in [9.17, 15) is 14.4 Å². The first kappa shape index (κ1) is 19.6. The van der Waals surface area contributed by atoms with Gasteiger partial charge in [0.1, 0.15) is 11.5 Å². The van der Waals surface area contributed by atoms with Gasteiger partial charge < -0.3 is 24.4 Å². The van der Waals surface area contributed by atoms with Crippen molar-refractivity contribution in [1.29, 1.82) is 0 Å². The number of carbonyl (C=O) groups is 3. The quantitative estimate of drug-likeness (QED) is 0.771. The number of amides is 2. The summed E-state index contributed by atoms with van der Waals surface area (Å²) in [6, 6.07) is 6.86. The van der Waals surface area contributed by atoms with Crippen LogP contribution in [0.25, 0.3) is 0 Å². The largest absolute Gasteiger partial charge is 0.497 e. The molecule has 2 rings (SSSR count). The number of carbonyl (C=O) groups excluding carboxylic acids is 2. The normalized spacial score (nSPS) is 14.6. The van der Waals surface area contributed by atoms with Gasteiger partial charge in [0.05, 0.1) is 19.6 Å². The molecule has 0 aliphatic carbocycles. The van der Waals surface area contributed by atoms with E-state index in [1.807, 2.05) is 0 Å². The Morgan fingerprint density at radius 1 is 1.15 bits per heavy atom. The summed E-state index contributed by atoms with van der Waals surface area (Å²) >= 11 is 0. The number of hydrogen-bond acceptors (Lipinski definition) is 5. The number of piperidine rings is 1. The van der Waals surface area contributed by atoms with Crippen LogP contribution in [-0.2, 0) is 14.4 Å². The van der Waals surface area contributed by atoms with Crippen LogP contribution in [0.15, 0.2) is 24.3 Å². The average molecular weight is 364 g/mol. The van der Waals surface area contributed by atoms with Gasteiger partial charge in [-0.2, -0.15) is 0 Å². The van der Waals surface area contributed by atoms with Crippen LogP contribution in [0.3, 0.4) is 0 Å². The summed E-state index contributed by atoms with van der Waals surface area (Å²) in [7, 11) is 3.11. The standard InChI is InChI=1S/C18H24N2O6/c1-19(11-16(21)20-9-7-13(8-10-20)18(23)24)17(22)12-26-15-5-3-14(25-2)4-6-15/h3-6,13H,7-12H2,1-2H3,(H,23,24). The van der Waals surface area contributed by atoms with E-state index in [1.165, 1.54) is 4.90 Å². The first-order chi connectivity index (χ1) is 12.4. The Labute approximate surface area is 152 Å². The van der Waals surface area contributed by atoms with Crippen molar-refractivity contribution in [3.8, 4) is 11.5 Å². The molecule has 0 aromatic heterocycles. The van der Waals surface area contributed by atoms with E-state index in [0.717, 1.165) is 0 Å². The number of likely N-dealkylation sites (tertiary alicyclic amines) is 1. The molecule has 1 N–H and O–H groups in total. The smallest absolute Gasteiger partial charge is 0.306 e. The third kappa shape index (κ3) is 5.37. The van der Waals surface area contributed by atoms with Crippen molar-refractivity contribution >= 4 is 17.8 Å². The predicted octanol–water partition coefficient (Wildman–Crippen LogP) is 0.856. The molecule has 1 aliphatic heterocycles. The Balaban J connectivity index is 1.75. The van der Waals surface area contributed by atoms with Gasteiger partial charge in [-0.1, -0.05) is 0 Å². The topological polar surface area (TPSA) is 96.4 Å². The fraction of sp³-hybridized carbons (Fsp3) is 0.500. The van der Waals surface area contributed by atoms with Crippen LogP contribution in [0.5, 0.6) is 11.5 Å². The van der Waals surface area contributed by atoms with Crippen molar-refractivity contribution in [3.05, 3.63) is 24.3 Å². The number of methoxy groups -OCH3 is 1. The van der Waals surface area contributed by atoms with Gasteiger partial charge in [0.25, 0.3) is 5.91 Å². The van der Waals surface area contributed by atoms with E-state index in [0.29, 0.717) is 37.4 Å². The molecule has 8 nitrogen and oxygen atoms in total.